The molecule has 1 aliphatic rings. The molecule has 19 heavy (non-hydrogen) atoms. The van der Waals surface area contributed by atoms with Crippen molar-refractivity contribution >= 4 is 0 Å². The van der Waals surface area contributed by atoms with Gasteiger partial charge in [0.15, 0.2) is 5.76 Å². The first-order chi connectivity index (χ1) is 9.25. The molecule has 2 aromatic rings. The zero-order valence-corrected chi connectivity index (χ0v) is 11.4. The number of nitrogens with zero attached hydrogens (tertiary/aromatic N) is 2. The first-order valence-electron chi connectivity index (χ1n) is 6.84. The third-order valence-corrected chi connectivity index (χ3v) is 3.92. The van der Waals surface area contributed by atoms with Gasteiger partial charge in [-0.25, -0.2) is 0 Å². The van der Waals surface area contributed by atoms with Crippen molar-refractivity contribution < 1.29 is 8.94 Å². The molecule has 3 rings (SSSR count). The maximum absolute atomic E-state index is 5.52. The number of nitrogens with one attached hydrogen (secondary N) is 1. The van der Waals surface area contributed by atoms with E-state index in [0.717, 1.165) is 43.8 Å². The van der Waals surface area contributed by atoms with Crippen molar-refractivity contribution in [1.82, 2.24) is 15.5 Å². The van der Waals surface area contributed by atoms with Crippen molar-refractivity contribution in [1.29, 1.82) is 0 Å². The predicted molar refractivity (Wildman–Crippen MR) is 70.8 cm³/mol. The molecule has 0 aliphatic carbocycles. The Morgan fingerprint density at radius 2 is 2.37 bits per heavy atom. The van der Waals surface area contributed by atoms with Crippen LogP contribution in [0.1, 0.15) is 37.6 Å². The topological polar surface area (TPSA) is 64.1 Å². The Labute approximate surface area is 112 Å². The van der Waals surface area contributed by atoms with Gasteiger partial charge in [-0.2, -0.15) is 4.98 Å². The van der Waals surface area contributed by atoms with E-state index in [4.69, 9.17) is 8.94 Å². The molecule has 1 atom stereocenters. The Morgan fingerprint density at radius 3 is 3.00 bits per heavy atom. The lowest BCUT2D eigenvalue weighted by molar-refractivity contribution is 0.277. The number of rotatable bonds is 4. The van der Waals surface area contributed by atoms with E-state index in [-0.39, 0.29) is 5.41 Å². The smallest absolute Gasteiger partial charge is 0.238 e. The highest BCUT2D eigenvalue weighted by atomic mass is 16.5. The van der Waals surface area contributed by atoms with E-state index < -0.39 is 0 Å². The molecule has 5 heteroatoms. The van der Waals surface area contributed by atoms with Crippen LogP contribution in [0.25, 0.3) is 11.6 Å². The predicted octanol–water partition coefficient (Wildman–Crippen LogP) is 2.67. The Kier molecular flexibility index (Phi) is 3.14. The summed E-state index contributed by atoms with van der Waals surface area (Å²) in [6.45, 7) is 6.10. The van der Waals surface area contributed by atoms with Crippen LogP contribution in [0.3, 0.4) is 0 Å². The van der Waals surface area contributed by atoms with E-state index in [0.29, 0.717) is 11.6 Å². The van der Waals surface area contributed by atoms with Crippen LogP contribution in [0, 0.1) is 6.92 Å². The van der Waals surface area contributed by atoms with E-state index >= 15 is 0 Å². The summed E-state index contributed by atoms with van der Waals surface area (Å²) in [7, 11) is 0. The summed E-state index contributed by atoms with van der Waals surface area (Å²) < 4.78 is 10.9. The molecule has 1 saturated heterocycles. The van der Waals surface area contributed by atoms with Gasteiger partial charge in [-0.3, -0.25) is 0 Å². The number of aryl methyl sites for hydroxylation is 1. The zero-order valence-electron chi connectivity index (χ0n) is 11.4. The molecule has 0 spiro atoms. The molecule has 1 N–H and O–H groups in total. The van der Waals surface area contributed by atoms with Crippen molar-refractivity contribution in [3.63, 3.8) is 0 Å². The Bertz CT molecular complexity index is 553. The molecule has 1 fully saturated rings. The van der Waals surface area contributed by atoms with Crippen LogP contribution >= 0.6 is 0 Å². The molecule has 0 aromatic carbocycles. The molecular weight excluding hydrogens is 242 g/mol. The third-order valence-electron chi connectivity index (χ3n) is 3.92. The molecule has 3 heterocycles. The van der Waals surface area contributed by atoms with Gasteiger partial charge in [0.1, 0.15) is 0 Å². The quantitative estimate of drug-likeness (QED) is 0.916. The van der Waals surface area contributed by atoms with Crippen LogP contribution in [-0.4, -0.2) is 23.2 Å². The zero-order chi connectivity index (χ0) is 13.3. The van der Waals surface area contributed by atoms with Crippen LogP contribution in [0.5, 0.6) is 0 Å². The van der Waals surface area contributed by atoms with Gasteiger partial charge in [-0.15, -0.1) is 0 Å². The lowest BCUT2D eigenvalue weighted by atomic mass is 9.82. The third kappa shape index (κ3) is 2.08. The Morgan fingerprint density at radius 1 is 1.47 bits per heavy atom. The minimum absolute atomic E-state index is 0.000494. The SMILES string of the molecule is CCCC1(c2nc(-c3occc3C)no2)CCNC1. The molecule has 0 bridgehead atoms. The van der Waals surface area contributed by atoms with Crippen molar-refractivity contribution in [3.8, 4) is 11.6 Å². The Balaban J connectivity index is 1.94. The second kappa shape index (κ2) is 4.81. The summed E-state index contributed by atoms with van der Waals surface area (Å²) in [5.74, 6) is 2.00. The molecule has 0 saturated carbocycles. The number of furan rings is 1. The van der Waals surface area contributed by atoms with E-state index in [1.807, 2.05) is 13.0 Å². The second-order valence-corrected chi connectivity index (χ2v) is 5.31. The number of hydrogen-bond donors (Lipinski definition) is 1. The average molecular weight is 261 g/mol. The van der Waals surface area contributed by atoms with Crippen LogP contribution in [0.4, 0.5) is 0 Å². The molecule has 102 valence electrons. The van der Waals surface area contributed by atoms with Gasteiger partial charge in [0.2, 0.25) is 11.7 Å². The number of hydrogen-bond acceptors (Lipinski definition) is 5. The summed E-state index contributed by atoms with van der Waals surface area (Å²) in [6.07, 6.45) is 4.89. The first kappa shape index (κ1) is 12.4. The first-order valence-corrected chi connectivity index (χ1v) is 6.84. The highest BCUT2D eigenvalue weighted by molar-refractivity contribution is 5.51. The minimum atomic E-state index is 0.000494. The molecule has 1 aliphatic heterocycles. The molecule has 0 amide bonds. The van der Waals surface area contributed by atoms with Gasteiger partial charge >= 0.3 is 0 Å². The fraction of sp³-hybridized carbons (Fsp3) is 0.571. The summed E-state index contributed by atoms with van der Waals surface area (Å²) in [6, 6.07) is 1.91. The molecule has 1 unspecified atom stereocenters. The lowest BCUT2D eigenvalue weighted by Gasteiger charge is -2.22. The van der Waals surface area contributed by atoms with E-state index in [1.165, 1.54) is 0 Å². The minimum Gasteiger partial charge on any atom is -0.461 e. The largest absolute Gasteiger partial charge is 0.461 e. The van der Waals surface area contributed by atoms with Crippen LogP contribution in [0.2, 0.25) is 0 Å². The summed E-state index contributed by atoms with van der Waals surface area (Å²) in [4.78, 5) is 4.57. The van der Waals surface area contributed by atoms with Gasteiger partial charge in [0.25, 0.3) is 0 Å². The standard InChI is InChI=1S/C14H19N3O2/c1-3-5-14(6-7-15-9-14)13-16-12(17-19-13)11-10(2)4-8-18-11/h4,8,15H,3,5-7,9H2,1-2H3. The number of aromatic nitrogens is 2. The van der Waals surface area contributed by atoms with Crippen molar-refractivity contribution in [3.05, 3.63) is 23.8 Å². The van der Waals surface area contributed by atoms with Gasteiger partial charge in [-0.1, -0.05) is 18.5 Å². The maximum atomic E-state index is 5.52. The van der Waals surface area contributed by atoms with Gasteiger partial charge in [-0.05, 0) is 37.9 Å². The molecule has 0 radical (unpaired) electrons. The van der Waals surface area contributed by atoms with Crippen molar-refractivity contribution in [2.24, 2.45) is 0 Å². The van der Waals surface area contributed by atoms with Crippen LogP contribution in [0.15, 0.2) is 21.3 Å². The highest BCUT2D eigenvalue weighted by Gasteiger charge is 2.40. The monoisotopic (exact) mass is 261 g/mol. The van der Waals surface area contributed by atoms with Crippen molar-refractivity contribution in [2.45, 2.75) is 38.5 Å². The highest BCUT2D eigenvalue weighted by Crippen LogP contribution is 2.35. The molecule has 2 aromatic heterocycles. The van der Waals surface area contributed by atoms with Crippen LogP contribution in [-0.2, 0) is 5.41 Å². The fourth-order valence-corrected chi connectivity index (χ4v) is 2.86. The molecule has 5 nitrogen and oxygen atoms in total. The summed E-state index contributed by atoms with van der Waals surface area (Å²) in [5, 5.41) is 7.48. The molecular formula is C14H19N3O2. The van der Waals surface area contributed by atoms with Crippen molar-refractivity contribution in [2.75, 3.05) is 13.1 Å². The lowest BCUT2D eigenvalue weighted by Crippen LogP contribution is -2.29. The maximum Gasteiger partial charge on any atom is 0.238 e. The van der Waals surface area contributed by atoms with E-state index in [9.17, 15) is 0 Å². The van der Waals surface area contributed by atoms with Gasteiger partial charge in [0, 0.05) is 6.54 Å². The van der Waals surface area contributed by atoms with Gasteiger partial charge < -0.3 is 14.3 Å². The second-order valence-electron chi connectivity index (χ2n) is 5.31. The van der Waals surface area contributed by atoms with Crippen LogP contribution < -0.4 is 5.32 Å². The van der Waals surface area contributed by atoms with E-state index in [1.54, 1.807) is 6.26 Å². The fourth-order valence-electron chi connectivity index (χ4n) is 2.86. The summed E-state index contributed by atoms with van der Waals surface area (Å²) in [5.41, 5.74) is 1.03. The Hall–Kier alpha value is -1.62. The summed E-state index contributed by atoms with van der Waals surface area (Å²) >= 11 is 0. The normalized spacial score (nSPS) is 23.1. The van der Waals surface area contributed by atoms with Gasteiger partial charge in [0.05, 0.1) is 11.7 Å². The average Bonchev–Trinajstić information content (AvgIpc) is 3.08. The van der Waals surface area contributed by atoms with E-state index in [2.05, 4.69) is 22.4 Å².